The first-order valence-electron chi connectivity index (χ1n) is 11.0. The van der Waals surface area contributed by atoms with Crippen LogP contribution < -0.4 is 14.8 Å². The number of nitrogens with zero attached hydrogens (tertiary/aromatic N) is 1. The van der Waals surface area contributed by atoms with Gasteiger partial charge in [0.15, 0.2) is 11.5 Å². The Morgan fingerprint density at radius 2 is 1.59 bits per heavy atom. The van der Waals surface area contributed by atoms with Crippen molar-refractivity contribution >= 4 is 11.6 Å². The SMILES string of the molecule is COc1ccc(NC(=O)[C@@H]2C[C@@H](c3ccccc3)CN(Cc3ccccc3)C2)cc1OC. The number of benzene rings is 3. The number of ether oxygens (including phenoxy) is 2. The van der Waals surface area contributed by atoms with Gasteiger partial charge < -0.3 is 14.8 Å². The number of carbonyl (C=O) groups is 1. The second-order valence-electron chi connectivity index (χ2n) is 8.28. The van der Waals surface area contributed by atoms with E-state index in [1.165, 1.54) is 11.1 Å². The summed E-state index contributed by atoms with van der Waals surface area (Å²) in [5.74, 6) is 1.49. The first-order valence-corrected chi connectivity index (χ1v) is 11.0. The second kappa shape index (κ2) is 10.3. The highest BCUT2D eigenvalue weighted by atomic mass is 16.5. The van der Waals surface area contributed by atoms with Gasteiger partial charge in [-0.05, 0) is 35.6 Å². The van der Waals surface area contributed by atoms with Crippen molar-refractivity contribution in [2.75, 3.05) is 32.6 Å². The van der Waals surface area contributed by atoms with Gasteiger partial charge in [-0.2, -0.15) is 0 Å². The summed E-state index contributed by atoms with van der Waals surface area (Å²) in [7, 11) is 3.19. The summed E-state index contributed by atoms with van der Waals surface area (Å²) >= 11 is 0. The molecule has 166 valence electrons. The smallest absolute Gasteiger partial charge is 0.228 e. The van der Waals surface area contributed by atoms with Crippen molar-refractivity contribution in [1.29, 1.82) is 0 Å². The maximum absolute atomic E-state index is 13.3. The van der Waals surface area contributed by atoms with Crippen LogP contribution in [-0.4, -0.2) is 38.1 Å². The highest BCUT2D eigenvalue weighted by Gasteiger charge is 2.32. The number of methoxy groups -OCH3 is 2. The van der Waals surface area contributed by atoms with Gasteiger partial charge in [0.2, 0.25) is 5.91 Å². The van der Waals surface area contributed by atoms with Crippen molar-refractivity contribution in [1.82, 2.24) is 4.90 Å². The van der Waals surface area contributed by atoms with Gasteiger partial charge in [0.25, 0.3) is 0 Å². The van der Waals surface area contributed by atoms with Crippen LogP contribution >= 0.6 is 0 Å². The molecule has 3 aromatic carbocycles. The van der Waals surface area contributed by atoms with E-state index in [1.54, 1.807) is 20.3 Å². The standard InChI is InChI=1S/C27H30N2O3/c1-31-25-14-13-24(16-26(25)32-2)28-27(30)23-15-22(21-11-7-4-8-12-21)18-29(19-23)17-20-9-5-3-6-10-20/h3-14,16,22-23H,15,17-19H2,1-2H3,(H,28,30)/t22-,23-/m1/s1. The van der Waals surface area contributed by atoms with Gasteiger partial charge >= 0.3 is 0 Å². The number of carbonyl (C=O) groups excluding carboxylic acids is 1. The fourth-order valence-corrected chi connectivity index (χ4v) is 4.48. The summed E-state index contributed by atoms with van der Waals surface area (Å²) in [5, 5.41) is 3.09. The van der Waals surface area contributed by atoms with Crippen LogP contribution in [0.2, 0.25) is 0 Å². The molecule has 0 bridgehead atoms. The van der Waals surface area contributed by atoms with Gasteiger partial charge in [0, 0.05) is 31.4 Å². The number of piperidine rings is 1. The van der Waals surface area contributed by atoms with Gasteiger partial charge in [-0.25, -0.2) is 0 Å². The van der Waals surface area contributed by atoms with E-state index in [9.17, 15) is 4.79 Å². The lowest BCUT2D eigenvalue weighted by atomic mass is 9.84. The quantitative estimate of drug-likeness (QED) is 0.576. The number of hydrogen-bond donors (Lipinski definition) is 1. The van der Waals surface area contributed by atoms with E-state index in [2.05, 4.69) is 58.7 Å². The zero-order valence-electron chi connectivity index (χ0n) is 18.7. The molecule has 0 radical (unpaired) electrons. The molecule has 5 nitrogen and oxygen atoms in total. The lowest BCUT2D eigenvalue weighted by Crippen LogP contribution is -2.43. The molecule has 1 N–H and O–H groups in total. The number of hydrogen-bond acceptors (Lipinski definition) is 4. The monoisotopic (exact) mass is 430 g/mol. The number of amides is 1. The molecule has 5 heteroatoms. The molecule has 1 fully saturated rings. The van der Waals surface area contributed by atoms with Crippen molar-refractivity contribution in [2.24, 2.45) is 5.92 Å². The Bertz CT molecular complexity index is 1020. The number of nitrogens with one attached hydrogen (secondary N) is 1. The largest absolute Gasteiger partial charge is 0.493 e. The molecule has 4 rings (SSSR count). The molecule has 1 saturated heterocycles. The maximum atomic E-state index is 13.3. The molecular formula is C27H30N2O3. The van der Waals surface area contributed by atoms with Crippen LogP contribution in [0.5, 0.6) is 11.5 Å². The van der Waals surface area contributed by atoms with Crippen LogP contribution in [0.1, 0.15) is 23.5 Å². The molecule has 2 atom stereocenters. The molecule has 32 heavy (non-hydrogen) atoms. The molecule has 0 unspecified atom stereocenters. The van der Waals surface area contributed by atoms with Gasteiger partial charge in [-0.1, -0.05) is 60.7 Å². The Labute approximate surface area is 190 Å². The fourth-order valence-electron chi connectivity index (χ4n) is 4.48. The van der Waals surface area contributed by atoms with Crippen molar-refractivity contribution in [3.8, 4) is 11.5 Å². The lowest BCUT2D eigenvalue weighted by molar-refractivity contribution is -0.121. The first-order chi connectivity index (χ1) is 15.7. The second-order valence-corrected chi connectivity index (χ2v) is 8.28. The van der Waals surface area contributed by atoms with Crippen LogP contribution in [0.15, 0.2) is 78.9 Å². The highest BCUT2D eigenvalue weighted by molar-refractivity contribution is 5.93. The predicted octanol–water partition coefficient (Wildman–Crippen LogP) is 4.95. The van der Waals surface area contributed by atoms with Crippen LogP contribution in [0.25, 0.3) is 0 Å². The van der Waals surface area contributed by atoms with Crippen molar-refractivity contribution in [3.63, 3.8) is 0 Å². The van der Waals surface area contributed by atoms with E-state index in [-0.39, 0.29) is 11.8 Å². The Hall–Kier alpha value is -3.31. The van der Waals surface area contributed by atoms with E-state index in [0.29, 0.717) is 23.1 Å². The summed E-state index contributed by atoms with van der Waals surface area (Å²) in [6.07, 6.45) is 0.828. The van der Waals surface area contributed by atoms with Gasteiger partial charge in [-0.15, -0.1) is 0 Å². The minimum Gasteiger partial charge on any atom is -0.493 e. The molecule has 0 saturated carbocycles. The Morgan fingerprint density at radius 1 is 0.906 bits per heavy atom. The van der Waals surface area contributed by atoms with E-state index >= 15 is 0 Å². The normalized spacial score (nSPS) is 18.7. The lowest BCUT2D eigenvalue weighted by Gasteiger charge is -2.37. The topological polar surface area (TPSA) is 50.8 Å². The minimum absolute atomic E-state index is 0.0379. The first kappa shape index (κ1) is 21.9. The average molecular weight is 431 g/mol. The van der Waals surface area contributed by atoms with Crippen LogP contribution in [0.3, 0.4) is 0 Å². The molecule has 3 aromatic rings. The predicted molar refractivity (Wildman–Crippen MR) is 127 cm³/mol. The third-order valence-electron chi connectivity index (χ3n) is 6.07. The summed E-state index contributed by atoms with van der Waals surface area (Å²) in [5.41, 5.74) is 3.26. The Morgan fingerprint density at radius 3 is 2.28 bits per heavy atom. The molecule has 1 aliphatic heterocycles. The molecule has 0 aliphatic carbocycles. The summed E-state index contributed by atoms with van der Waals surface area (Å²) in [6.45, 7) is 2.51. The van der Waals surface area contributed by atoms with Crippen LogP contribution in [-0.2, 0) is 11.3 Å². The van der Waals surface area contributed by atoms with E-state index in [1.807, 2.05) is 24.3 Å². The zero-order chi connectivity index (χ0) is 22.3. The van der Waals surface area contributed by atoms with Crippen LogP contribution in [0, 0.1) is 5.92 Å². The minimum atomic E-state index is -0.106. The molecule has 1 aliphatic rings. The van der Waals surface area contributed by atoms with Crippen molar-refractivity contribution in [3.05, 3.63) is 90.0 Å². The summed E-state index contributed by atoms with van der Waals surface area (Å²) in [4.78, 5) is 15.7. The number of likely N-dealkylation sites (tertiary alicyclic amines) is 1. The molecule has 0 aromatic heterocycles. The zero-order valence-corrected chi connectivity index (χ0v) is 18.7. The van der Waals surface area contributed by atoms with Gasteiger partial charge in [-0.3, -0.25) is 9.69 Å². The van der Waals surface area contributed by atoms with E-state index in [0.717, 1.165) is 26.1 Å². The van der Waals surface area contributed by atoms with E-state index in [4.69, 9.17) is 9.47 Å². The number of anilines is 1. The number of rotatable bonds is 7. The van der Waals surface area contributed by atoms with Crippen molar-refractivity contribution in [2.45, 2.75) is 18.9 Å². The van der Waals surface area contributed by atoms with Crippen LogP contribution in [0.4, 0.5) is 5.69 Å². The van der Waals surface area contributed by atoms with E-state index < -0.39 is 0 Å². The molecule has 1 heterocycles. The third kappa shape index (κ3) is 5.29. The highest BCUT2D eigenvalue weighted by Crippen LogP contribution is 2.33. The van der Waals surface area contributed by atoms with Gasteiger partial charge in [0.1, 0.15) is 0 Å². The molecule has 0 spiro atoms. The Balaban J connectivity index is 1.52. The molecular weight excluding hydrogens is 400 g/mol. The molecule has 1 amide bonds. The maximum Gasteiger partial charge on any atom is 0.228 e. The third-order valence-corrected chi connectivity index (χ3v) is 6.07. The Kier molecular flexibility index (Phi) is 7.07. The average Bonchev–Trinajstić information content (AvgIpc) is 2.85. The van der Waals surface area contributed by atoms with Crippen molar-refractivity contribution < 1.29 is 14.3 Å². The summed E-state index contributed by atoms with van der Waals surface area (Å²) < 4.78 is 10.7. The summed E-state index contributed by atoms with van der Waals surface area (Å²) in [6, 6.07) is 26.4. The fraction of sp³-hybridized carbons (Fsp3) is 0.296. The van der Waals surface area contributed by atoms with Gasteiger partial charge in [0.05, 0.1) is 20.1 Å².